The number of ether oxygens (including phenoxy) is 3. The van der Waals surface area contributed by atoms with Gasteiger partial charge < -0.3 is 19.1 Å². The summed E-state index contributed by atoms with van der Waals surface area (Å²) in [4.78, 5) is 27.8. The fourth-order valence-corrected chi connectivity index (χ4v) is 4.92. The number of ketones is 1. The van der Waals surface area contributed by atoms with E-state index in [2.05, 4.69) is 0 Å². The third-order valence-electron chi connectivity index (χ3n) is 6.35. The standard InChI is InChI=1S/C24H25NO5/c26-23(17-6-9-21-22(14-17)29-11-10-28-21)18-12-19-7-8-20(13-18)25(19)24(27)30-15-16-4-2-1-3-5-16/h1-6,9,14,18-20H,7-8,10-13,15H2. The van der Waals surface area contributed by atoms with Crippen molar-refractivity contribution in [3.63, 3.8) is 0 Å². The van der Waals surface area contributed by atoms with Gasteiger partial charge in [-0.25, -0.2) is 4.79 Å². The molecule has 2 atom stereocenters. The first-order valence-electron chi connectivity index (χ1n) is 10.6. The molecule has 0 N–H and O–H groups in total. The molecule has 1 amide bonds. The molecule has 0 spiro atoms. The zero-order valence-corrected chi connectivity index (χ0v) is 16.8. The molecule has 0 aromatic heterocycles. The highest BCUT2D eigenvalue weighted by Gasteiger charge is 2.46. The summed E-state index contributed by atoms with van der Waals surface area (Å²) in [6.45, 7) is 1.30. The number of carbonyl (C=O) groups excluding carboxylic acids is 2. The summed E-state index contributed by atoms with van der Waals surface area (Å²) in [6.07, 6.45) is 2.96. The Bertz CT molecular complexity index is 930. The molecule has 2 bridgehead atoms. The first kappa shape index (κ1) is 19.0. The maximum atomic E-state index is 13.2. The molecule has 156 valence electrons. The van der Waals surface area contributed by atoms with Crippen LogP contribution in [0.5, 0.6) is 11.5 Å². The predicted molar refractivity (Wildman–Crippen MR) is 110 cm³/mol. The number of piperidine rings is 1. The number of hydrogen-bond acceptors (Lipinski definition) is 5. The van der Waals surface area contributed by atoms with Crippen molar-refractivity contribution in [3.05, 3.63) is 59.7 Å². The monoisotopic (exact) mass is 407 g/mol. The number of nitrogens with zero attached hydrogens (tertiary/aromatic N) is 1. The molecule has 0 radical (unpaired) electrons. The van der Waals surface area contributed by atoms with E-state index in [1.807, 2.05) is 47.4 Å². The van der Waals surface area contributed by atoms with Crippen molar-refractivity contribution < 1.29 is 23.8 Å². The molecule has 2 aromatic rings. The van der Waals surface area contributed by atoms with Crippen LogP contribution < -0.4 is 9.47 Å². The lowest BCUT2D eigenvalue weighted by molar-refractivity contribution is 0.0485. The number of rotatable bonds is 4. The van der Waals surface area contributed by atoms with Crippen LogP contribution in [-0.4, -0.2) is 42.1 Å². The minimum atomic E-state index is -0.267. The Kier molecular flexibility index (Phi) is 5.07. The largest absolute Gasteiger partial charge is 0.486 e. The maximum Gasteiger partial charge on any atom is 0.410 e. The molecular weight excluding hydrogens is 382 g/mol. The number of benzene rings is 2. The molecule has 6 heteroatoms. The average molecular weight is 407 g/mol. The molecule has 30 heavy (non-hydrogen) atoms. The summed E-state index contributed by atoms with van der Waals surface area (Å²) in [6, 6.07) is 15.2. The van der Waals surface area contributed by atoms with Gasteiger partial charge in [-0.1, -0.05) is 30.3 Å². The van der Waals surface area contributed by atoms with Gasteiger partial charge in [-0.3, -0.25) is 4.79 Å². The lowest BCUT2D eigenvalue weighted by Crippen LogP contribution is -2.48. The van der Waals surface area contributed by atoms with Gasteiger partial charge >= 0.3 is 6.09 Å². The summed E-state index contributed by atoms with van der Waals surface area (Å²) in [5.41, 5.74) is 1.63. The Morgan fingerprint density at radius 3 is 2.37 bits per heavy atom. The van der Waals surface area contributed by atoms with Crippen LogP contribution in [0.1, 0.15) is 41.6 Å². The number of carbonyl (C=O) groups is 2. The first-order valence-corrected chi connectivity index (χ1v) is 10.6. The highest BCUT2D eigenvalue weighted by molar-refractivity contribution is 5.98. The molecule has 2 fully saturated rings. The molecule has 2 unspecified atom stereocenters. The normalized spacial score (nSPS) is 24.4. The summed E-state index contributed by atoms with van der Waals surface area (Å²) in [7, 11) is 0. The first-order chi connectivity index (χ1) is 14.7. The molecule has 2 saturated heterocycles. The van der Waals surface area contributed by atoms with Crippen molar-refractivity contribution in [2.45, 2.75) is 44.4 Å². The van der Waals surface area contributed by atoms with Gasteiger partial charge in [0.05, 0.1) is 0 Å². The van der Waals surface area contributed by atoms with Gasteiger partial charge in [-0.05, 0) is 49.4 Å². The van der Waals surface area contributed by atoms with Crippen molar-refractivity contribution in [2.24, 2.45) is 5.92 Å². The van der Waals surface area contributed by atoms with Crippen LogP contribution in [0.25, 0.3) is 0 Å². The molecular formula is C24H25NO5. The van der Waals surface area contributed by atoms with E-state index in [4.69, 9.17) is 14.2 Å². The van der Waals surface area contributed by atoms with Crippen molar-refractivity contribution in [1.29, 1.82) is 0 Å². The van der Waals surface area contributed by atoms with Gasteiger partial charge in [0, 0.05) is 23.6 Å². The van der Waals surface area contributed by atoms with Crippen molar-refractivity contribution in [3.8, 4) is 11.5 Å². The SMILES string of the molecule is O=C(c1ccc2c(c1)OCCO2)C1CC2CCC(C1)N2C(=O)OCc1ccccc1. The van der Waals surface area contributed by atoms with Crippen LogP contribution in [0.2, 0.25) is 0 Å². The molecule has 6 nitrogen and oxygen atoms in total. The van der Waals surface area contributed by atoms with Gasteiger partial charge in [0.1, 0.15) is 19.8 Å². The van der Waals surface area contributed by atoms with E-state index in [0.29, 0.717) is 43.1 Å². The van der Waals surface area contributed by atoms with E-state index in [-0.39, 0.29) is 36.5 Å². The number of hydrogen-bond donors (Lipinski definition) is 0. The zero-order chi connectivity index (χ0) is 20.5. The van der Waals surface area contributed by atoms with E-state index in [1.165, 1.54) is 0 Å². The Balaban J connectivity index is 1.24. The van der Waals surface area contributed by atoms with E-state index < -0.39 is 0 Å². The van der Waals surface area contributed by atoms with E-state index in [1.54, 1.807) is 6.07 Å². The second-order valence-electron chi connectivity index (χ2n) is 8.22. The van der Waals surface area contributed by atoms with E-state index in [0.717, 1.165) is 18.4 Å². The summed E-state index contributed by atoms with van der Waals surface area (Å²) >= 11 is 0. The van der Waals surface area contributed by atoms with Gasteiger partial charge in [0.15, 0.2) is 17.3 Å². The number of amides is 1. The smallest absolute Gasteiger partial charge is 0.410 e. The summed E-state index contributed by atoms with van der Waals surface area (Å²) in [5.74, 6) is 1.37. The lowest BCUT2D eigenvalue weighted by atomic mass is 9.85. The van der Waals surface area contributed by atoms with Gasteiger partial charge in [0.2, 0.25) is 0 Å². The molecule has 3 heterocycles. The average Bonchev–Trinajstić information content (AvgIpc) is 3.06. The second kappa shape index (κ2) is 8.01. The Labute approximate surface area is 175 Å². The quantitative estimate of drug-likeness (QED) is 0.710. The van der Waals surface area contributed by atoms with Crippen LogP contribution in [0.4, 0.5) is 4.79 Å². The number of Topliss-reactive ketones (excluding diaryl/α,β-unsaturated/α-hetero) is 1. The predicted octanol–water partition coefficient (Wildman–Crippen LogP) is 4.22. The molecule has 5 rings (SSSR count). The molecule has 2 aromatic carbocycles. The van der Waals surface area contributed by atoms with E-state index in [9.17, 15) is 9.59 Å². The van der Waals surface area contributed by atoms with Crippen LogP contribution in [0, 0.1) is 5.92 Å². The van der Waals surface area contributed by atoms with Crippen molar-refractivity contribution >= 4 is 11.9 Å². The van der Waals surface area contributed by atoms with Crippen molar-refractivity contribution in [2.75, 3.05) is 13.2 Å². The molecule has 0 aliphatic carbocycles. The number of fused-ring (bicyclic) bond motifs is 3. The van der Waals surface area contributed by atoms with E-state index >= 15 is 0 Å². The Morgan fingerprint density at radius 2 is 1.63 bits per heavy atom. The van der Waals surface area contributed by atoms with Gasteiger partial charge in [-0.2, -0.15) is 0 Å². The lowest BCUT2D eigenvalue weighted by Gasteiger charge is -2.37. The van der Waals surface area contributed by atoms with Crippen molar-refractivity contribution in [1.82, 2.24) is 4.90 Å². The minimum absolute atomic E-state index is 0.0678. The summed E-state index contributed by atoms with van der Waals surface area (Å²) in [5, 5.41) is 0. The zero-order valence-electron chi connectivity index (χ0n) is 16.8. The Morgan fingerprint density at radius 1 is 0.933 bits per heavy atom. The highest BCUT2D eigenvalue weighted by atomic mass is 16.6. The fraction of sp³-hybridized carbons (Fsp3) is 0.417. The van der Waals surface area contributed by atoms with Crippen LogP contribution in [-0.2, 0) is 11.3 Å². The van der Waals surface area contributed by atoms with Crippen LogP contribution in [0.15, 0.2) is 48.5 Å². The molecule has 0 saturated carbocycles. The van der Waals surface area contributed by atoms with Crippen LogP contribution in [0.3, 0.4) is 0 Å². The second-order valence-corrected chi connectivity index (χ2v) is 8.22. The highest BCUT2D eigenvalue weighted by Crippen LogP contribution is 2.41. The van der Waals surface area contributed by atoms with Crippen LogP contribution >= 0.6 is 0 Å². The third kappa shape index (κ3) is 3.62. The fourth-order valence-electron chi connectivity index (χ4n) is 4.92. The van der Waals surface area contributed by atoms with Gasteiger partial charge in [-0.15, -0.1) is 0 Å². The third-order valence-corrected chi connectivity index (χ3v) is 6.35. The van der Waals surface area contributed by atoms with Gasteiger partial charge in [0.25, 0.3) is 0 Å². The maximum absolute atomic E-state index is 13.2. The minimum Gasteiger partial charge on any atom is -0.486 e. The summed E-state index contributed by atoms with van der Waals surface area (Å²) < 4.78 is 16.7. The molecule has 3 aliphatic rings. The topological polar surface area (TPSA) is 65.1 Å². The molecule has 3 aliphatic heterocycles. The Hall–Kier alpha value is -3.02.